The lowest BCUT2D eigenvalue weighted by atomic mass is 9.84. The van der Waals surface area contributed by atoms with Crippen LogP contribution in [0.5, 0.6) is 0 Å². The van der Waals surface area contributed by atoms with Gasteiger partial charge >= 0.3 is 11.7 Å². The first-order valence-corrected chi connectivity index (χ1v) is 8.63. The Kier molecular flexibility index (Phi) is 3.86. The van der Waals surface area contributed by atoms with Crippen LogP contribution in [0.25, 0.3) is 11.0 Å². The minimum atomic E-state index is -1.01. The molecule has 9 nitrogen and oxygen atoms in total. The number of hydrogen-bond donors (Lipinski definition) is 3. The smallest absolute Gasteiger partial charge is 0.327 e. The number of carbonyl (C=O) groups excluding carboxylic acids is 1. The van der Waals surface area contributed by atoms with Gasteiger partial charge in [-0.3, -0.25) is 19.6 Å². The highest BCUT2D eigenvalue weighted by Gasteiger charge is 2.47. The number of nitrogens with zero attached hydrogens (tertiary/aromatic N) is 2. The molecule has 2 fully saturated rings. The Morgan fingerprint density at radius 1 is 1.19 bits per heavy atom. The Labute approximate surface area is 147 Å². The number of H-pyrrole nitrogens is 2. The molecular formula is C17H18N4O5. The fraction of sp³-hybridized carbons (Fsp3) is 0.471. The van der Waals surface area contributed by atoms with Crippen molar-refractivity contribution in [2.45, 2.75) is 44.2 Å². The molecule has 0 aromatic carbocycles. The van der Waals surface area contributed by atoms with E-state index in [4.69, 9.17) is 0 Å². The van der Waals surface area contributed by atoms with Crippen LogP contribution in [0.3, 0.4) is 0 Å². The zero-order valence-corrected chi connectivity index (χ0v) is 13.9. The van der Waals surface area contributed by atoms with Crippen LogP contribution in [0.2, 0.25) is 0 Å². The van der Waals surface area contributed by atoms with Crippen molar-refractivity contribution in [1.29, 1.82) is 0 Å². The highest BCUT2D eigenvalue weighted by Crippen LogP contribution is 2.40. The van der Waals surface area contributed by atoms with Gasteiger partial charge in [0.15, 0.2) is 0 Å². The third-order valence-corrected chi connectivity index (χ3v) is 5.45. The molecule has 0 bridgehead atoms. The number of hydrogen-bond acceptors (Lipinski definition) is 5. The van der Waals surface area contributed by atoms with Gasteiger partial charge in [0.1, 0.15) is 11.7 Å². The first kappa shape index (κ1) is 16.5. The third-order valence-electron chi connectivity index (χ3n) is 5.45. The van der Waals surface area contributed by atoms with Gasteiger partial charge in [0.2, 0.25) is 0 Å². The number of carbonyl (C=O) groups is 2. The van der Waals surface area contributed by atoms with Crippen LogP contribution in [-0.2, 0) is 4.79 Å². The van der Waals surface area contributed by atoms with Crippen LogP contribution in [0.4, 0.5) is 0 Å². The highest BCUT2D eigenvalue weighted by atomic mass is 16.4. The van der Waals surface area contributed by atoms with Gasteiger partial charge in [-0.15, -0.1) is 0 Å². The number of aromatic nitrogens is 3. The average Bonchev–Trinajstić information content (AvgIpc) is 3.00. The number of aliphatic carboxylic acids is 1. The minimum absolute atomic E-state index is 0.0849. The van der Waals surface area contributed by atoms with Crippen molar-refractivity contribution in [3.8, 4) is 0 Å². The van der Waals surface area contributed by atoms with E-state index in [0.717, 1.165) is 25.7 Å². The van der Waals surface area contributed by atoms with Crippen LogP contribution in [0.15, 0.2) is 21.9 Å². The summed E-state index contributed by atoms with van der Waals surface area (Å²) in [6.45, 7) is 0. The monoisotopic (exact) mass is 358 g/mol. The summed E-state index contributed by atoms with van der Waals surface area (Å²) in [6.07, 6.45) is 5.46. The molecule has 3 N–H and O–H groups in total. The van der Waals surface area contributed by atoms with Gasteiger partial charge in [-0.2, -0.15) is 0 Å². The topological polar surface area (TPSA) is 136 Å². The predicted octanol–water partition coefficient (Wildman–Crippen LogP) is 0.469. The predicted molar refractivity (Wildman–Crippen MR) is 90.9 cm³/mol. The first-order valence-electron chi connectivity index (χ1n) is 8.63. The first-order chi connectivity index (χ1) is 12.5. The lowest BCUT2D eigenvalue weighted by molar-refractivity contribution is -0.141. The fourth-order valence-electron chi connectivity index (χ4n) is 4.29. The number of aromatic amines is 2. The second kappa shape index (κ2) is 6.08. The van der Waals surface area contributed by atoms with Gasteiger partial charge in [-0.25, -0.2) is 14.6 Å². The number of nitrogens with one attached hydrogen (secondary N) is 2. The van der Waals surface area contributed by atoms with E-state index in [1.807, 2.05) is 0 Å². The second-order valence-corrected chi connectivity index (χ2v) is 6.94. The zero-order chi connectivity index (χ0) is 18.4. The maximum atomic E-state index is 13.1. The maximum Gasteiger partial charge on any atom is 0.327 e. The Bertz CT molecular complexity index is 1010. The van der Waals surface area contributed by atoms with Crippen molar-refractivity contribution in [2.24, 2.45) is 5.92 Å². The molecule has 0 spiro atoms. The Morgan fingerprint density at radius 3 is 2.73 bits per heavy atom. The summed E-state index contributed by atoms with van der Waals surface area (Å²) < 4.78 is 0. The van der Waals surface area contributed by atoms with Crippen molar-refractivity contribution in [3.05, 3.63) is 38.7 Å². The standard InChI is InChI=1S/C17H18N4O5/c22-14-10-5-9(7-18-13(10)19-17(26)20-14)15(23)21-11-4-2-1-3-8(11)6-12(21)16(24)25/h5,7-8,11-12H,1-4,6H2,(H,24,25)(H2,18,19,20,22,26). The molecule has 3 atom stereocenters. The molecule has 0 radical (unpaired) electrons. The molecule has 2 aromatic rings. The fourth-order valence-corrected chi connectivity index (χ4v) is 4.29. The molecule has 136 valence electrons. The largest absolute Gasteiger partial charge is 0.480 e. The van der Waals surface area contributed by atoms with Crippen molar-refractivity contribution in [3.63, 3.8) is 0 Å². The summed E-state index contributed by atoms with van der Waals surface area (Å²) in [7, 11) is 0. The van der Waals surface area contributed by atoms with E-state index in [1.54, 1.807) is 0 Å². The van der Waals surface area contributed by atoms with Crippen molar-refractivity contribution in [2.75, 3.05) is 0 Å². The SMILES string of the molecule is O=C(O)C1CC2CCCCC2N1C(=O)c1cnc2[nH]c(=O)[nH]c(=O)c2c1. The van der Waals surface area contributed by atoms with Crippen LogP contribution < -0.4 is 11.2 Å². The third kappa shape index (κ3) is 2.59. The molecule has 1 saturated heterocycles. The van der Waals surface area contributed by atoms with Gasteiger partial charge in [-0.1, -0.05) is 12.8 Å². The molecule has 1 aliphatic heterocycles. The van der Waals surface area contributed by atoms with E-state index in [2.05, 4.69) is 15.0 Å². The Hall–Kier alpha value is -2.97. The van der Waals surface area contributed by atoms with Gasteiger partial charge < -0.3 is 10.0 Å². The maximum absolute atomic E-state index is 13.1. The molecule has 1 aliphatic carbocycles. The second-order valence-electron chi connectivity index (χ2n) is 6.94. The molecule has 2 aliphatic rings. The summed E-state index contributed by atoms with van der Waals surface area (Å²) >= 11 is 0. The highest BCUT2D eigenvalue weighted by molar-refractivity contribution is 5.99. The molecular weight excluding hydrogens is 340 g/mol. The summed E-state index contributed by atoms with van der Waals surface area (Å²) in [5.74, 6) is -1.25. The van der Waals surface area contributed by atoms with E-state index < -0.39 is 29.2 Å². The Balaban J connectivity index is 1.76. The minimum Gasteiger partial charge on any atom is -0.480 e. The van der Waals surface area contributed by atoms with Crippen molar-refractivity contribution < 1.29 is 14.7 Å². The summed E-state index contributed by atoms with van der Waals surface area (Å²) in [5.41, 5.74) is -1.09. The summed E-state index contributed by atoms with van der Waals surface area (Å²) in [6, 6.07) is 0.399. The molecule has 3 heterocycles. The normalized spacial score (nSPS) is 25.2. The van der Waals surface area contributed by atoms with Crippen LogP contribution in [0.1, 0.15) is 42.5 Å². The quantitative estimate of drug-likeness (QED) is 0.714. The van der Waals surface area contributed by atoms with E-state index >= 15 is 0 Å². The van der Waals surface area contributed by atoms with Crippen molar-refractivity contribution in [1.82, 2.24) is 19.9 Å². The molecule has 3 unspecified atom stereocenters. The van der Waals surface area contributed by atoms with Crippen LogP contribution in [0, 0.1) is 5.92 Å². The van der Waals surface area contributed by atoms with Gasteiger partial charge in [0.05, 0.1) is 10.9 Å². The van der Waals surface area contributed by atoms with Gasteiger partial charge in [0, 0.05) is 12.2 Å². The van der Waals surface area contributed by atoms with Crippen LogP contribution >= 0.6 is 0 Å². The number of rotatable bonds is 2. The molecule has 9 heteroatoms. The van der Waals surface area contributed by atoms with Gasteiger partial charge in [-0.05, 0) is 31.2 Å². The molecule has 1 saturated carbocycles. The summed E-state index contributed by atoms with van der Waals surface area (Å²) in [4.78, 5) is 58.0. The molecule has 1 amide bonds. The lowest BCUT2D eigenvalue weighted by Crippen LogP contribution is -2.46. The molecule has 4 rings (SSSR count). The number of likely N-dealkylation sites (tertiary alicyclic amines) is 1. The van der Waals surface area contributed by atoms with Crippen molar-refractivity contribution >= 4 is 22.9 Å². The zero-order valence-electron chi connectivity index (χ0n) is 13.9. The number of carboxylic acid groups (broad SMARTS) is 1. The average molecular weight is 358 g/mol. The number of fused-ring (bicyclic) bond motifs is 2. The number of amides is 1. The number of pyridine rings is 1. The van der Waals surface area contributed by atoms with Gasteiger partial charge in [0.25, 0.3) is 11.5 Å². The van der Waals surface area contributed by atoms with E-state index in [1.165, 1.54) is 17.2 Å². The van der Waals surface area contributed by atoms with E-state index in [0.29, 0.717) is 6.42 Å². The molecule has 2 aromatic heterocycles. The number of carboxylic acids is 1. The summed E-state index contributed by atoms with van der Waals surface area (Å²) in [5, 5.41) is 9.65. The Morgan fingerprint density at radius 2 is 1.96 bits per heavy atom. The lowest BCUT2D eigenvalue weighted by Gasteiger charge is -2.33. The van der Waals surface area contributed by atoms with Crippen LogP contribution in [-0.4, -0.2) is 48.9 Å². The molecule has 26 heavy (non-hydrogen) atoms. The van der Waals surface area contributed by atoms with E-state index in [-0.39, 0.29) is 28.6 Å². The van der Waals surface area contributed by atoms with E-state index in [9.17, 15) is 24.3 Å².